The summed E-state index contributed by atoms with van der Waals surface area (Å²) in [5, 5.41) is 0. The van der Waals surface area contributed by atoms with Gasteiger partial charge >= 0.3 is 0 Å². The van der Waals surface area contributed by atoms with Gasteiger partial charge in [0.25, 0.3) is 0 Å². The quantitative estimate of drug-likeness (QED) is 0.443. The Bertz CT molecular complexity index is 884. The Balaban J connectivity index is 2.08. The zero-order valence-corrected chi connectivity index (χ0v) is 16.5. The molecule has 0 saturated carbocycles. The van der Waals surface area contributed by atoms with Crippen molar-refractivity contribution in [2.24, 2.45) is 0 Å². The first-order valence-corrected chi connectivity index (χ1v) is 9.29. The first-order chi connectivity index (χ1) is 12.3. The minimum Gasteiger partial charge on any atom is -0.0587 e. The van der Waals surface area contributed by atoms with Gasteiger partial charge in [0.05, 0.1) is 0 Å². The molecule has 0 spiro atoms. The first-order valence-electron chi connectivity index (χ1n) is 9.29. The first kappa shape index (κ1) is 18.2. The Morgan fingerprint density at radius 2 is 1.04 bits per heavy atom. The van der Waals surface area contributed by atoms with Crippen molar-refractivity contribution in [2.75, 3.05) is 0 Å². The Kier molecular flexibility index (Phi) is 5.13. The smallest absolute Gasteiger partial charge is 0.0105 e. The normalized spacial score (nSPS) is 12.3. The van der Waals surface area contributed by atoms with E-state index in [4.69, 9.17) is 0 Å². The van der Waals surface area contributed by atoms with E-state index in [2.05, 4.69) is 113 Å². The van der Waals surface area contributed by atoms with Gasteiger partial charge in [-0.15, -0.1) is 0 Å². The summed E-state index contributed by atoms with van der Waals surface area (Å²) in [6, 6.07) is 26.5. The Morgan fingerprint density at radius 1 is 0.615 bits per heavy atom. The molecule has 0 aliphatic rings. The molecule has 0 radical (unpaired) electrons. The van der Waals surface area contributed by atoms with E-state index >= 15 is 0 Å². The van der Waals surface area contributed by atoms with E-state index in [-0.39, 0.29) is 5.41 Å². The molecule has 0 fully saturated rings. The van der Waals surface area contributed by atoms with Crippen molar-refractivity contribution in [2.45, 2.75) is 40.0 Å². The highest BCUT2D eigenvalue weighted by Crippen LogP contribution is 2.29. The molecule has 0 aromatic heterocycles. The summed E-state index contributed by atoms with van der Waals surface area (Å²) in [5.41, 5.74) is 9.09. The van der Waals surface area contributed by atoms with E-state index in [0.717, 1.165) is 0 Å². The molecule has 0 aliphatic carbocycles. The van der Waals surface area contributed by atoms with Crippen molar-refractivity contribution in [1.82, 2.24) is 0 Å². The number of aryl methyl sites for hydroxylation is 2. The van der Waals surface area contributed by atoms with Crippen LogP contribution < -0.4 is 0 Å². The predicted octanol–water partition coefficient (Wildman–Crippen LogP) is 7.19. The third-order valence-electron chi connectivity index (χ3n) is 4.81. The van der Waals surface area contributed by atoms with Gasteiger partial charge < -0.3 is 0 Å². The van der Waals surface area contributed by atoms with Crippen LogP contribution in [-0.4, -0.2) is 0 Å². The maximum absolute atomic E-state index is 2.29. The van der Waals surface area contributed by atoms with Crippen LogP contribution in [0.15, 0.2) is 72.8 Å². The SMILES string of the molecule is Cc1ccc(/C=C(/c2ccc(C)cc2)c2ccc(C(C)(C)C)cc2)cc1. The lowest BCUT2D eigenvalue weighted by molar-refractivity contribution is 0.590. The van der Waals surface area contributed by atoms with Crippen molar-refractivity contribution in [1.29, 1.82) is 0 Å². The predicted molar refractivity (Wildman–Crippen MR) is 114 cm³/mol. The average Bonchev–Trinajstić information content (AvgIpc) is 2.62. The van der Waals surface area contributed by atoms with Crippen LogP contribution in [0.5, 0.6) is 0 Å². The second-order valence-electron chi connectivity index (χ2n) is 8.16. The molecule has 0 amide bonds. The third kappa shape index (κ3) is 4.32. The maximum atomic E-state index is 2.29. The van der Waals surface area contributed by atoms with E-state index in [9.17, 15) is 0 Å². The van der Waals surface area contributed by atoms with Gasteiger partial charge in [-0.05, 0) is 53.2 Å². The Hall–Kier alpha value is -2.60. The summed E-state index contributed by atoms with van der Waals surface area (Å²) in [4.78, 5) is 0. The molecule has 0 saturated heterocycles. The zero-order valence-electron chi connectivity index (χ0n) is 16.5. The van der Waals surface area contributed by atoms with Gasteiger partial charge in [0.2, 0.25) is 0 Å². The van der Waals surface area contributed by atoms with Crippen LogP contribution in [0.2, 0.25) is 0 Å². The summed E-state index contributed by atoms with van der Waals surface area (Å²) in [7, 11) is 0. The summed E-state index contributed by atoms with van der Waals surface area (Å²) in [6.45, 7) is 11.0. The van der Waals surface area contributed by atoms with Crippen LogP contribution in [0.25, 0.3) is 11.6 Å². The molecule has 3 aromatic rings. The number of rotatable bonds is 3. The second kappa shape index (κ2) is 7.33. The van der Waals surface area contributed by atoms with Crippen LogP contribution in [0.1, 0.15) is 54.2 Å². The summed E-state index contributed by atoms with van der Waals surface area (Å²) >= 11 is 0. The van der Waals surface area contributed by atoms with Gasteiger partial charge in [-0.2, -0.15) is 0 Å². The molecule has 3 aromatic carbocycles. The second-order valence-corrected chi connectivity index (χ2v) is 8.16. The highest BCUT2D eigenvalue weighted by atomic mass is 14.2. The molecule has 0 bridgehead atoms. The van der Waals surface area contributed by atoms with Crippen LogP contribution in [0.4, 0.5) is 0 Å². The van der Waals surface area contributed by atoms with Gasteiger partial charge in [0.1, 0.15) is 0 Å². The van der Waals surface area contributed by atoms with Gasteiger partial charge in [-0.3, -0.25) is 0 Å². The molecule has 0 unspecified atom stereocenters. The molecule has 0 aliphatic heterocycles. The van der Waals surface area contributed by atoms with Crippen LogP contribution >= 0.6 is 0 Å². The van der Waals surface area contributed by atoms with Gasteiger partial charge in [0.15, 0.2) is 0 Å². The van der Waals surface area contributed by atoms with Crippen LogP contribution in [-0.2, 0) is 5.41 Å². The lowest BCUT2D eigenvalue weighted by atomic mass is 9.85. The highest BCUT2D eigenvalue weighted by Gasteiger charge is 2.14. The number of hydrogen-bond acceptors (Lipinski definition) is 0. The molecule has 0 nitrogen and oxygen atoms in total. The summed E-state index contributed by atoms with van der Waals surface area (Å²) < 4.78 is 0. The molecule has 26 heavy (non-hydrogen) atoms. The minimum atomic E-state index is 0.170. The molecule has 0 heteroatoms. The molecule has 0 N–H and O–H groups in total. The Morgan fingerprint density at radius 3 is 1.50 bits per heavy atom. The van der Waals surface area contributed by atoms with Crippen LogP contribution in [0.3, 0.4) is 0 Å². The summed E-state index contributed by atoms with van der Waals surface area (Å²) in [6.07, 6.45) is 2.29. The fourth-order valence-corrected chi connectivity index (χ4v) is 3.05. The molecule has 0 atom stereocenters. The highest BCUT2D eigenvalue weighted by molar-refractivity contribution is 5.91. The lowest BCUT2D eigenvalue weighted by Gasteiger charge is -2.19. The standard InChI is InChI=1S/C26H28/c1-19-6-10-21(11-7-19)18-25(22-12-8-20(2)9-13-22)23-14-16-24(17-15-23)26(3,4)5/h6-18H,1-5H3/b25-18-. The van der Waals surface area contributed by atoms with E-state index in [1.54, 1.807) is 0 Å². The fraction of sp³-hybridized carbons (Fsp3) is 0.231. The summed E-state index contributed by atoms with van der Waals surface area (Å²) in [5.74, 6) is 0. The largest absolute Gasteiger partial charge is 0.0587 e. The molecular weight excluding hydrogens is 312 g/mol. The van der Waals surface area contributed by atoms with E-state index < -0.39 is 0 Å². The van der Waals surface area contributed by atoms with Crippen molar-refractivity contribution in [3.8, 4) is 0 Å². The van der Waals surface area contributed by atoms with E-state index in [0.29, 0.717) is 0 Å². The Labute approximate surface area is 158 Å². The minimum absolute atomic E-state index is 0.170. The van der Waals surface area contributed by atoms with Crippen molar-refractivity contribution >= 4 is 11.6 Å². The zero-order chi connectivity index (χ0) is 18.7. The number of hydrogen-bond donors (Lipinski definition) is 0. The van der Waals surface area contributed by atoms with Gasteiger partial charge in [-0.1, -0.05) is 105 Å². The topological polar surface area (TPSA) is 0 Å². The lowest BCUT2D eigenvalue weighted by Crippen LogP contribution is -2.10. The van der Waals surface area contributed by atoms with E-state index in [1.807, 2.05) is 0 Å². The molecule has 3 rings (SSSR count). The van der Waals surface area contributed by atoms with Crippen LogP contribution in [0, 0.1) is 13.8 Å². The third-order valence-corrected chi connectivity index (χ3v) is 4.81. The molecule has 132 valence electrons. The number of benzene rings is 3. The van der Waals surface area contributed by atoms with Crippen molar-refractivity contribution in [3.05, 3.63) is 106 Å². The molecular formula is C26H28. The van der Waals surface area contributed by atoms with Gasteiger partial charge in [0, 0.05) is 0 Å². The van der Waals surface area contributed by atoms with Crippen molar-refractivity contribution < 1.29 is 0 Å². The average molecular weight is 341 g/mol. The van der Waals surface area contributed by atoms with Crippen molar-refractivity contribution in [3.63, 3.8) is 0 Å². The maximum Gasteiger partial charge on any atom is -0.0105 e. The van der Waals surface area contributed by atoms with Gasteiger partial charge in [-0.25, -0.2) is 0 Å². The molecule has 0 heterocycles. The monoisotopic (exact) mass is 340 g/mol. The van der Waals surface area contributed by atoms with E-state index in [1.165, 1.54) is 39.0 Å². The fourth-order valence-electron chi connectivity index (χ4n) is 3.05.